The zero-order valence-corrected chi connectivity index (χ0v) is 23.4. The number of rotatable bonds is 4. The van der Waals surface area contributed by atoms with Gasteiger partial charge in [-0.3, -0.25) is 9.36 Å². The third-order valence-corrected chi connectivity index (χ3v) is 9.05. The molecule has 2 aliphatic heterocycles. The first-order valence-electron chi connectivity index (χ1n) is 11.9. The summed E-state index contributed by atoms with van der Waals surface area (Å²) in [4.78, 5) is 34.0. The highest BCUT2D eigenvalue weighted by Crippen LogP contribution is 2.46. The summed E-state index contributed by atoms with van der Waals surface area (Å²) < 4.78 is 53.9. The topological polar surface area (TPSA) is 92.6 Å². The summed E-state index contributed by atoms with van der Waals surface area (Å²) in [6.45, 7) is 7.30. The quantitative estimate of drug-likeness (QED) is 0.359. The van der Waals surface area contributed by atoms with E-state index in [9.17, 15) is 26.8 Å². The number of thiol groups is 1. The predicted octanol–water partition coefficient (Wildman–Crippen LogP) is 4.17. The molecule has 0 N–H and O–H groups in total. The first-order valence-corrected chi connectivity index (χ1v) is 14.5. The molecule has 0 aliphatic carbocycles. The van der Waals surface area contributed by atoms with Gasteiger partial charge in [0.15, 0.2) is 10.7 Å². The van der Waals surface area contributed by atoms with Gasteiger partial charge in [0, 0.05) is 46.3 Å². The molecular formula is C26H23ClF2N4O4S2. The van der Waals surface area contributed by atoms with E-state index in [-0.39, 0.29) is 40.1 Å². The fraction of sp³-hybridized carbons (Fsp3) is 0.269. The third kappa shape index (κ3) is 4.64. The number of thioether (sulfide) groups is 1. The molecule has 39 heavy (non-hydrogen) atoms. The van der Waals surface area contributed by atoms with Crippen molar-refractivity contribution >= 4 is 56.7 Å². The molecule has 0 saturated carbocycles. The molecule has 5 rings (SSSR count). The van der Waals surface area contributed by atoms with Crippen LogP contribution in [0.2, 0.25) is 5.02 Å². The van der Waals surface area contributed by atoms with E-state index in [1.807, 2.05) is 0 Å². The fourth-order valence-electron chi connectivity index (χ4n) is 5.13. The number of carbonyl (C=O) groups excluding carboxylic acids is 1. The number of halogens is 3. The molecular weight excluding hydrogens is 570 g/mol. The number of amides is 1. The van der Waals surface area contributed by atoms with Crippen LogP contribution in [-0.2, 0) is 22.0 Å². The molecule has 8 nitrogen and oxygen atoms in total. The lowest BCUT2D eigenvalue weighted by Gasteiger charge is -2.42. The minimum Gasteiger partial charge on any atom is -0.348 e. The molecule has 1 amide bonds. The number of hydrogen-bond acceptors (Lipinski definition) is 7. The van der Waals surface area contributed by atoms with Gasteiger partial charge in [-0.05, 0) is 38.1 Å². The number of benzene rings is 2. The first kappa shape index (κ1) is 27.4. The molecule has 0 radical (unpaired) electrons. The summed E-state index contributed by atoms with van der Waals surface area (Å²) >= 11 is 8.14. The van der Waals surface area contributed by atoms with Crippen LogP contribution in [-0.4, -0.2) is 53.7 Å². The standard InChI is InChI=1S/C26H23ClF2N4O4S2/c1-4-21(34)33-13(2)11-31(12-20(33)14(3)39(36)37)25-17-10-18(27)22(16-6-5-15(28)9-19(16)29)24-23(17)32(7-8-38-24)26(35)30-25/h4-6,9-10,13,39H,1,7-8,11-12H2,2-3H3/b20-14-. The van der Waals surface area contributed by atoms with E-state index in [4.69, 9.17) is 11.6 Å². The maximum absolute atomic E-state index is 14.9. The van der Waals surface area contributed by atoms with E-state index >= 15 is 0 Å². The Morgan fingerprint density at radius 2 is 2.03 bits per heavy atom. The van der Waals surface area contributed by atoms with E-state index < -0.39 is 40.0 Å². The van der Waals surface area contributed by atoms with Gasteiger partial charge in [-0.25, -0.2) is 22.0 Å². The Hall–Kier alpha value is -3.22. The summed E-state index contributed by atoms with van der Waals surface area (Å²) in [7, 11) is -2.98. The smallest absolute Gasteiger partial charge is 0.348 e. The molecule has 1 fully saturated rings. The van der Waals surface area contributed by atoms with Crippen LogP contribution >= 0.6 is 23.4 Å². The molecule has 2 aliphatic rings. The van der Waals surface area contributed by atoms with E-state index in [1.165, 1.54) is 34.2 Å². The van der Waals surface area contributed by atoms with E-state index in [1.54, 1.807) is 17.9 Å². The van der Waals surface area contributed by atoms with Crippen molar-refractivity contribution in [3.63, 3.8) is 0 Å². The maximum Gasteiger partial charge on any atom is 0.350 e. The number of nitrogens with zero attached hydrogens (tertiary/aromatic N) is 4. The average molecular weight is 593 g/mol. The lowest BCUT2D eigenvalue weighted by atomic mass is 10.0. The van der Waals surface area contributed by atoms with Crippen LogP contribution in [0, 0.1) is 11.6 Å². The Labute approximate surface area is 233 Å². The predicted molar refractivity (Wildman–Crippen MR) is 149 cm³/mol. The lowest BCUT2D eigenvalue weighted by Crippen LogP contribution is -2.53. The highest BCUT2D eigenvalue weighted by Gasteiger charge is 2.35. The molecule has 1 aromatic heterocycles. The van der Waals surface area contributed by atoms with E-state index in [2.05, 4.69) is 11.6 Å². The normalized spacial score (nSPS) is 18.6. The van der Waals surface area contributed by atoms with Crippen LogP contribution in [0.25, 0.3) is 22.0 Å². The van der Waals surface area contributed by atoms with Crippen LogP contribution in [0.15, 0.2) is 57.2 Å². The molecule has 3 heterocycles. The van der Waals surface area contributed by atoms with Crippen molar-refractivity contribution in [2.45, 2.75) is 31.3 Å². The van der Waals surface area contributed by atoms with Crippen molar-refractivity contribution in [2.75, 3.05) is 23.7 Å². The molecule has 2 aromatic carbocycles. The Bertz CT molecular complexity index is 1730. The lowest BCUT2D eigenvalue weighted by molar-refractivity contribution is -0.126. The largest absolute Gasteiger partial charge is 0.350 e. The molecule has 0 spiro atoms. The second kappa shape index (κ2) is 10.4. The highest BCUT2D eigenvalue weighted by molar-refractivity contribution is 7.99. The van der Waals surface area contributed by atoms with Crippen molar-refractivity contribution in [3.8, 4) is 11.1 Å². The number of anilines is 1. The number of hydrogen-bond donors (Lipinski definition) is 1. The van der Waals surface area contributed by atoms with Gasteiger partial charge in [-0.15, -0.1) is 11.8 Å². The van der Waals surface area contributed by atoms with Crippen LogP contribution < -0.4 is 10.6 Å². The summed E-state index contributed by atoms with van der Waals surface area (Å²) in [5.41, 5.74) is 0.702. The number of aromatic nitrogens is 2. The summed E-state index contributed by atoms with van der Waals surface area (Å²) in [6, 6.07) is 4.36. The van der Waals surface area contributed by atoms with Crippen molar-refractivity contribution in [1.29, 1.82) is 0 Å². The van der Waals surface area contributed by atoms with Crippen LogP contribution in [0.3, 0.4) is 0 Å². The van der Waals surface area contributed by atoms with Gasteiger partial charge in [-0.2, -0.15) is 4.98 Å². The van der Waals surface area contributed by atoms with Crippen molar-refractivity contribution in [3.05, 3.63) is 74.7 Å². The summed E-state index contributed by atoms with van der Waals surface area (Å²) in [6.07, 6.45) is 1.12. The molecule has 13 heteroatoms. The van der Waals surface area contributed by atoms with E-state index in [0.717, 1.165) is 18.2 Å². The maximum atomic E-state index is 14.9. The van der Waals surface area contributed by atoms with Gasteiger partial charge < -0.3 is 9.80 Å². The van der Waals surface area contributed by atoms with Crippen molar-refractivity contribution in [1.82, 2.24) is 14.5 Å². The Morgan fingerprint density at radius 3 is 2.69 bits per heavy atom. The number of piperazine rings is 1. The fourth-order valence-corrected chi connectivity index (χ4v) is 7.07. The zero-order valence-electron chi connectivity index (χ0n) is 20.9. The molecule has 1 saturated heterocycles. The Balaban J connectivity index is 1.75. The first-order chi connectivity index (χ1) is 18.5. The number of carbonyl (C=O) groups is 1. The van der Waals surface area contributed by atoms with Crippen molar-refractivity contribution in [2.24, 2.45) is 0 Å². The molecule has 1 atom stereocenters. The van der Waals surface area contributed by atoms with Crippen LogP contribution in [0.4, 0.5) is 14.6 Å². The highest BCUT2D eigenvalue weighted by atomic mass is 35.5. The minimum absolute atomic E-state index is 0.0128. The average Bonchev–Trinajstić information content (AvgIpc) is 2.89. The number of aryl methyl sites for hydroxylation is 1. The SMILES string of the molecule is C=CC(=O)N1/C(=C(/C)[SH](=O)=O)CN(c2nc(=O)n3c4c(c(-c5ccc(F)cc5F)c(Cl)cc24)SCC3)CC1C. The number of allylic oxidation sites excluding steroid dienone is 1. The monoisotopic (exact) mass is 592 g/mol. The van der Waals surface area contributed by atoms with Gasteiger partial charge in [0.25, 0.3) is 5.91 Å². The summed E-state index contributed by atoms with van der Waals surface area (Å²) in [5, 5.41) is 0.709. The summed E-state index contributed by atoms with van der Waals surface area (Å²) in [5.74, 6) is -1.16. The molecule has 3 aromatic rings. The molecule has 1 unspecified atom stereocenters. The van der Waals surface area contributed by atoms with Crippen LogP contribution in [0.1, 0.15) is 13.8 Å². The van der Waals surface area contributed by atoms with Gasteiger partial charge in [0.1, 0.15) is 17.5 Å². The van der Waals surface area contributed by atoms with Crippen LogP contribution in [0.5, 0.6) is 0 Å². The molecule has 204 valence electrons. The van der Waals surface area contributed by atoms with Gasteiger partial charge in [-0.1, -0.05) is 18.2 Å². The van der Waals surface area contributed by atoms with E-state index in [0.29, 0.717) is 33.7 Å². The molecule has 0 bridgehead atoms. The van der Waals surface area contributed by atoms with Gasteiger partial charge >= 0.3 is 5.69 Å². The zero-order chi connectivity index (χ0) is 28.2. The Kier molecular flexibility index (Phi) is 7.29. The van der Waals surface area contributed by atoms with Crippen molar-refractivity contribution < 1.29 is 22.0 Å². The second-order valence-corrected chi connectivity index (χ2v) is 11.9. The third-order valence-electron chi connectivity index (χ3n) is 6.87. The minimum atomic E-state index is -2.98. The second-order valence-electron chi connectivity index (χ2n) is 9.23. The van der Waals surface area contributed by atoms with Gasteiger partial charge in [0.2, 0.25) is 0 Å². The Morgan fingerprint density at radius 1 is 1.28 bits per heavy atom. The van der Waals surface area contributed by atoms with Gasteiger partial charge in [0.05, 0.1) is 33.7 Å².